The SMILES string of the molecule is CCCCCCCCCCC(C)O[P+](=O)C(C)(CC1CCCCC1)C(=O)OCC. The van der Waals surface area contributed by atoms with Crippen molar-refractivity contribution in [2.45, 2.75) is 135 Å². The van der Waals surface area contributed by atoms with Gasteiger partial charge in [-0.05, 0) is 37.7 Å². The first kappa shape index (κ1) is 26.6. The Morgan fingerprint density at radius 1 is 1.00 bits per heavy atom. The Labute approximate surface area is 180 Å². The summed E-state index contributed by atoms with van der Waals surface area (Å²) in [6.45, 7) is 8.14. The second kappa shape index (κ2) is 15.3. The monoisotopic (exact) mass is 429 g/mol. The third kappa shape index (κ3) is 10.4. The first-order valence-electron chi connectivity index (χ1n) is 12.2. The van der Waals surface area contributed by atoms with Crippen molar-refractivity contribution >= 4 is 14.0 Å². The van der Waals surface area contributed by atoms with Gasteiger partial charge in [0.2, 0.25) is 0 Å². The Hall–Kier alpha value is -0.470. The standard InChI is InChI=1S/C24H46O4P/c1-5-7-8-9-10-11-12-14-17-21(3)28-29(26)24(4,23(25)27-6-2)20-22-18-15-13-16-19-22/h21-22H,5-20H2,1-4H3/q+1. The largest absolute Gasteiger partial charge is 0.526 e. The lowest BCUT2D eigenvalue weighted by molar-refractivity contribution is -0.146. The summed E-state index contributed by atoms with van der Waals surface area (Å²) in [6.07, 6.45) is 17.5. The molecule has 0 aromatic carbocycles. The predicted molar refractivity (Wildman–Crippen MR) is 122 cm³/mol. The summed E-state index contributed by atoms with van der Waals surface area (Å²) >= 11 is 0. The number of rotatable bonds is 16. The molecule has 3 unspecified atom stereocenters. The minimum Gasteiger partial charge on any atom is -0.462 e. The van der Waals surface area contributed by atoms with Crippen molar-refractivity contribution in [3.05, 3.63) is 0 Å². The average Bonchev–Trinajstić information content (AvgIpc) is 2.70. The van der Waals surface area contributed by atoms with Gasteiger partial charge in [0.15, 0.2) is 0 Å². The van der Waals surface area contributed by atoms with E-state index in [-0.39, 0.29) is 12.1 Å². The van der Waals surface area contributed by atoms with E-state index in [4.69, 9.17) is 9.26 Å². The van der Waals surface area contributed by atoms with E-state index in [9.17, 15) is 9.36 Å². The lowest BCUT2D eigenvalue weighted by Gasteiger charge is -2.26. The molecule has 1 rings (SSSR count). The molecule has 170 valence electrons. The molecule has 0 aromatic heterocycles. The number of ether oxygens (including phenoxy) is 1. The molecule has 0 radical (unpaired) electrons. The van der Waals surface area contributed by atoms with Gasteiger partial charge in [-0.25, -0.2) is 4.79 Å². The molecule has 4 nitrogen and oxygen atoms in total. The van der Waals surface area contributed by atoms with E-state index >= 15 is 0 Å². The second-order valence-electron chi connectivity index (χ2n) is 9.14. The summed E-state index contributed by atoms with van der Waals surface area (Å²) in [5.74, 6) is 0.0923. The lowest BCUT2D eigenvalue weighted by atomic mass is 9.83. The highest BCUT2D eigenvalue weighted by Crippen LogP contribution is 2.48. The summed E-state index contributed by atoms with van der Waals surface area (Å²) in [4.78, 5) is 12.7. The van der Waals surface area contributed by atoms with Crippen LogP contribution in [0.25, 0.3) is 0 Å². The molecule has 5 heteroatoms. The predicted octanol–water partition coefficient (Wildman–Crippen LogP) is 7.96. The van der Waals surface area contributed by atoms with Gasteiger partial charge in [-0.2, -0.15) is 0 Å². The zero-order chi connectivity index (χ0) is 21.5. The van der Waals surface area contributed by atoms with Crippen LogP contribution in [0.15, 0.2) is 0 Å². The number of carbonyl (C=O) groups is 1. The molecule has 0 amide bonds. The average molecular weight is 430 g/mol. The van der Waals surface area contributed by atoms with Crippen LogP contribution in [-0.2, 0) is 18.6 Å². The summed E-state index contributed by atoms with van der Waals surface area (Å²) < 4.78 is 24.3. The molecule has 1 aliphatic rings. The Kier molecular flexibility index (Phi) is 14.1. The van der Waals surface area contributed by atoms with Gasteiger partial charge in [-0.1, -0.05) is 90.4 Å². The maximum atomic E-state index is 13.1. The maximum absolute atomic E-state index is 13.1. The highest BCUT2D eigenvalue weighted by Gasteiger charge is 2.56. The zero-order valence-corrected chi connectivity index (χ0v) is 20.4. The van der Waals surface area contributed by atoms with Crippen LogP contribution in [0.4, 0.5) is 0 Å². The van der Waals surface area contributed by atoms with Gasteiger partial charge in [-0.15, -0.1) is 4.52 Å². The normalized spacial score (nSPS) is 18.8. The lowest BCUT2D eigenvalue weighted by Crippen LogP contribution is -2.37. The minimum atomic E-state index is -2.10. The molecule has 0 spiro atoms. The molecular weight excluding hydrogens is 383 g/mol. The van der Waals surface area contributed by atoms with Crippen molar-refractivity contribution in [2.75, 3.05) is 6.61 Å². The van der Waals surface area contributed by atoms with E-state index in [1.165, 1.54) is 64.2 Å². The molecule has 29 heavy (non-hydrogen) atoms. The van der Waals surface area contributed by atoms with Crippen LogP contribution in [0, 0.1) is 5.92 Å². The van der Waals surface area contributed by atoms with E-state index in [2.05, 4.69) is 6.92 Å². The van der Waals surface area contributed by atoms with Crippen LogP contribution in [-0.4, -0.2) is 23.8 Å². The van der Waals surface area contributed by atoms with E-state index in [0.29, 0.717) is 18.9 Å². The number of hydrogen-bond donors (Lipinski definition) is 0. The molecule has 1 aliphatic carbocycles. The smallest absolute Gasteiger partial charge is 0.462 e. The number of carbonyl (C=O) groups excluding carboxylic acids is 1. The minimum absolute atomic E-state index is 0.0844. The van der Waals surface area contributed by atoms with Crippen molar-refractivity contribution in [1.82, 2.24) is 0 Å². The number of esters is 1. The topological polar surface area (TPSA) is 52.6 Å². The van der Waals surface area contributed by atoms with Crippen molar-refractivity contribution in [3.63, 3.8) is 0 Å². The Bertz CT molecular complexity index is 462. The van der Waals surface area contributed by atoms with Gasteiger partial charge in [-0.3, -0.25) is 0 Å². The van der Waals surface area contributed by atoms with E-state index < -0.39 is 13.2 Å². The fourth-order valence-corrected chi connectivity index (χ4v) is 5.66. The summed E-state index contributed by atoms with van der Waals surface area (Å²) in [5, 5.41) is -1.03. The van der Waals surface area contributed by atoms with Crippen LogP contribution in [0.5, 0.6) is 0 Å². The Morgan fingerprint density at radius 2 is 1.59 bits per heavy atom. The number of hydrogen-bond acceptors (Lipinski definition) is 4. The van der Waals surface area contributed by atoms with E-state index in [1.54, 1.807) is 13.8 Å². The van der Waals surface area contributed by atoms with E-state index in [1.807, 2.05) is 6.92 Å². The third-order valence-electron chi connectivity index (χ3n) is 6.27. The molecule has 0 saturated heterocycles. The van der Waals surface area contributed by atoms with Crippen LogP contribution in [0.2, 0.25) is 0 Å². The first-order chi connectivity index (χ1) is 13.9. The summed E-state index contributed by atoms with van der Waals surface area (Å²) in [6, 6.07) is 0. The third-order valence-corrected chi connectivity index (χ3v) is 7.99. The maximum Gasteiger partial charge on any atom is 0.526 e. The molecular formula is C24H46O4P+. The molecule has 0 bridgehead atoms. The Balaban J connectivity index is 2.44. The van der Waals surface area contributed by atoms with Crippen LogP contribution in [0.3, 0.4) is 0 Å². The molecule has 0 aliphatic heterocycles. The molecule has 0 heterocycles. The van der Waals surface area contributed by atoms with Crippen LogP contribution >= 0.6 is 8.03 Å². The van der Waals surface area contributed by atoms with Crippen molar-refractivity contribution < 1.29 is 18.6 Å². The van der Waals surface area contributed by atoms with Crippen LogP contribution in [0.1, 0.15) is 124 Å². The summed E-state index contributed by atoms with van der Waals surface area (Å²) in [7, 11) is -2.10. The van der Waals surface area contributed by atoms with Crippen molar-refractivity contribution in [3.8, 4) is 0 Å². The Morgan fingerprint density at radius 3 is 2.17 bits per heavy atom. The number of unbranched alkanes of at least 4 members (excludes halogenated alkanes) is 7. The second-order valence-corrected chi connectivity index (χ2v) is 10.9. The van der Waals surface area contributed by atoms with Gasteiger partial charge >= 0.3 is 14.0 Å². The molecule has 1 fully saturated rings. The fourth-order valence-electron chi connectivity index (χ4n) is 4.37. The van der Waals surface area contributed by atoms with Crippen molar-refractivity contribution in [1.29, 1.82) is 0 Å². The summed E-state index contributed by atoms with van der Waals surface area (Å²) in [5.41, 5.74) is 0. The zero-order valence-electron chi connectivity index (χ0n) is 19.5. The molecule has 1 saturated carbocycles. The van der Waals surface area contributed by atoms with Crippen molar-refractivity contribution in [2.24, 2.45) is 5.92 Å². The quantitative estimate of drug-likeness (QED) is 0.142. The van der Waals surface area contributed by atoms with Crippen LogP contribution < -0.4 is 0 Å². The van der Waals surface area contributed by atoms with Gasteiger partial charge in [0, 0.05) is 6.42 Å². The molecule has 0 aromatic rings. The first-order valence-corrected chi connectivity index (χ1v) is 13.4. The van der Waals surface area contributed by atoms with Gasteiger partial charge in [0.1, 0.15) is 6.10 Å². The van der Waals surface area contributed by atoms with Gasteiger partial charge in [0.05, 0.1) is 6.61 Å². The molecule has 0 N–H and O–H groups in total. The highest BCUT2D eigenvalue weighted by atomic mass is 31.1. The van der Waals surface area contributed by atoms with Gasteiger partial charge in [0.25, 0.3) is 5.16 Å². The van der Waals surface area contributed by atoms with Gasteiger partial charge < -0.3 is 4.74 Å². The van der Waals surface area contributed by atoms with E-state index in [0.717, 1.165) is 25.7 Å². The fraction of sp³-hybridized carbons (Fsp3) is 0.958. The molecule has 3 atom stereocenters. The highest BCUT2D eigenvalue weighted by molar-refractivity contribution is 7.42.